The summed E-state index contributed by atoms with van der Waals surface area (Å²) >= 11 is 9.05. The topological polar surface area (TPSA) is 72.2 Å². The fraction of sp³-hybridized carbons (Fsp3) is 0.0769. The molecule has 0 saturated heterocycles. The Morgan fingerprint density at radius 1 is 1.29 bits per heavy atom. The van der Waals surface area contributed by atoms with Gasteiger partial charge in [-0.05, 0) is 45.8 Å². The predicted molar refractivity (Wildman–Crippen MR) is 84.3 cm³/mol. The van der Waals surface area contributed by atoms with Gasteiger partial charge in [0.25, 0.3) is 10.0 Å². The summed E-state index contributed by atoms with van der Waals surface area (Å²) in [6.45, 7) is 0.200. The molecule has 0 aliphatic carbocycles. The molecule has 2 aromatic carbocycles. The Morgan fingerprint density at radius 3 is 2.57 bits per heavy atom. The predicted octanol–water partition coefficient (Wildman–Crippen LogP) is 3.50. The molecule has 0 aliphatic rings. The van der Waals surface area contributed by atoms with Crippen LogP contribution in [0, 0.1) is 5.82 Å². The number of hydrogen-bond donors (Lipinski definition) is 2. The zero-order chi connectivity index (χ0) is 15.6. The standard InChI is InChI=1S/C13H11BrClFN2O2S/c14-10-2-1-3-12(16)13(10)18-21(19,20)9-5-4-8(7-17)11(15)6-9/h1-6,18H,7,17H2. The van der Waals surface area contributed by atoms with Crippen molar-refractivity contribution in [2.24, 2.45) is 5.73 Å². The summed E-state index contributed by atoms with van der Waals surface area (Å²) in [6.07, 6.45) is 0. The summed E-state index contributed by atoms with van der Waals surface area (Å²) in [5.74, 6) is -0.683. The first-order chi connectivity index (χ1) is 9.85. The first kappa shape index (κ1) is 16.2. The Bertz CT molecular complexity index is 763. The maximum atomic E-state index is 13.7. The van der Waals surface area contributed by atoms with Crippen molar-refractivity contribution in [3.8, 4) is 0 Å². The van der Waals surface area contributed by atoms with E-state index < -0.39 is 15.8 Å². The molecule has 0 spiro atoms. The van der Waals surface area contributed by atoms with E-state index in [0.717, 1.165) is 6.07 Å². The van der Waals surface area contributed by atoms with Crippen LogP contribution in [-0.4, -0.2) is 8.42 Å². The molecule has 0 amide bonds. The third-order valence-electron chi connectivity index (χ3n) is 2.75. The van der Waals surface area contributed by atoms with Gasteiger partial charge in [0.2, 0.25) is 0 Å². The minimum atomic E-state index is -3.95. The maximum Gasteiger partial charge on any atom is 0.262 e. The van der Waals surface area contributed by atoms with E-state index in [-0.39, 0.29) is 22.2 Å². The van der Waals surface area contributed by atoms with Gasteiger partial charge in [-0.3, -0.25) is 4.72 Å². The maximum absolute atomic E-state index is 13.7. The molecule has 4 nitrogen and oxygen atoms in total. The Balaban J connectivity index is 2.41. The van der Waals surface area contributed by atoms with Gasteiger partial charge in [-0.1, -0.05) is 23.7 Å². The van der Waals surface area contributed by atoms with E-state index in [1.165, 1.54) is 30.3 Å². The van der Waals surface area contributed by atoms with Gasteiger partial charge in [0.15, 0.2) is 0 Å². The smallest absolute Gasteiger partial charge is 0.262 e. The molecule has 0 saturated carbocycles. The van der Waals surface area contributed by atoms with Crippen LogP contribution in [0.25, 0.3) is 0 Å². The highest BCUT2D eigenvalue weighted by atomic mass is 79.9. The number of nitrogens with one attached hydrogen (secondary N) is 1. The molecule has 0 unspecified atom stereocenters. The summed E-state index contributed by atoms with van der Waals surface area (Å²) in [5.41, 5.74) is 5.94. The van der Waals surface area contributed by atoms with Crippen molar-refractivity contribution in [1.29, 1.82) is 0 Å². The molecule has 0 radical (unpaired) electrons. The minimum Gasteiger partial charge on any atom is -0.326 e. The molecule has 0 atom stereocenters. The summed E-state index contributed by atoms with van der Waals surface area (Å²) in [7, 11) is -3.95. The molecule has 2 aromatic rings. The number of anilines is 1. The Hall–Kier alpha value is -1.15. The lowest BCUT2D eigenvalue weighted by Crippen LogP contribution is -2.14. The number of halogens is 3. The quantitative estimate of drug-likeness (QED) is 0.835. The van der Waals surface area contributed by atoms with E-state index in [1.807, 2.05) is 0 Å². The van der Waals surface area contributed by atoms with Crippen LogP contribution in [-0.2, 0) is 16.6 Å². The Labute approximate surface area is 135 Å². The van der Waals surface area contributed by atoms with E-state index in [4.69, 9.17) is 17.3 Å². The minimum absolute atomic E-state index is 0.0696. The van der Waals surface area contributed by atoms with E-state index in [9.17, 15) is 12.8 Å². The zero-order valence-corrected chi connectivity index (χ0v) is 13.8. The first-order valence-electron chi connectivity index (χ1n) is 5.80. The molecule has 0 heterocycles. The fourth-order valence-corrected chi connectivity index (χ4v) is 3.66. The molecule has 8 heteroatoms. The van der Waals surface area contributed by atoms with Gasteiger partial charge in [0.05, 0.1) is 10.6 Å². The lowest BCUT2D eigenvalue weighted by molar-refractivity contribution is 0.598. The molecular formula is C13H11BrClFN2O2S. The highest BCUT2D eigenvalue weighted by Crippen LogP contribution is 2.28. The van der Waals surface area contributed by atoms with Gasteiger partial charge in [-0.25, -0.2) is 12.8 Å². The second-order valence-corrected chi connectivity index (χ2v) is 7.10. The molecule has 0 bridgehead atoms. The Morgan fingerprint density at radius 2 is 2.00 bits per heavy atom. The first-order valence-corrected chi connectivity index (χ1v) is 8.46. The number of para-hydroxylation sites is 1. The van der Waals surface area contributed by atoms with Crippen LogP contribution in [0.5, 0.6) is 0 Å². The third kappa shape index (κ3) is 3.55. The van der Waals surface area contributed by atoms with Gasteiger partial charge >= 0.3 is 0 Å². The SMILES string of the molecule is NCc1ccc(S(=O)(=O)Nc2c(F)cccc2Br)cc1Cl. The molecule has 2 rings (SSSR count). The second kappa shape index (κ2) is 6.31. The summed E-state index contributed by atoms with van der Waals surface area (Å²) in [5, 5.41) is 0.243. The lowest BCUT2D eigenvalue weighted by Gasteiger charge is -2.11. The molecule has 112 valence electrons. The van der Waals surface area contributed by atoms with Gasteiger partial charge in [-0.15, -0.1) is 0 Å². The number of nitrogens with two attached hydrogens (primary N) is 1. The second-order valence-electron chi connectivity index (χ2n) is 4.16. The fourth-order valence-electron chi connectivity index (χ4n) is 1.65. The zero-order valence-electron chi connectivity index (χ0n) is 10.6. The van der Waals surface area contributed by atoms with Crippen LogP contribution in [0.4, 0.5) is 10.1 Å². The number of benzene rings is 2. The summed E-state index contributed by atoms with van der Waals surface area (Å²) in [6, 6.07) is 8.32. The average Bonchev–Trinajstić information content (AvgIpc) is 2.43. The highest BCUT2D eigenvalue weighted by Gasteiger charge is 2.19. The van der Waals surface area contributed by atoms with Crippen LogP contribution in [0.1, 0.15) is 5.56 Å². The Kier molecular flexibility index (Phi) is 4.88. The van der Waals surface area contributed by atoms with E-state index in [2.05, 4.69) is 20.7 Å². The summed E-state index contributed by atoms with van der Waals surface area (Å²) < 4.78 is 40.7. The van der Waals surface area contributed by atoms with Gasteiger partial charge in [0, 0.05) is 16.0 Å². The van der Waals surface area contributed by atoms with Crippen molar-refractivity contribution in [1.82, 2.24) is 0 Å². The van der Waals surface area contributed by atoms with Crippen LogP contribution in [0.2, 0.25) is 5.02 Å². The molecule has 0 aliphatic heterocycles. The van der Waals surface area contributed by atoms with Crippen molar-refractivity contribution < 1.29 is 12.8 Å². The van der Waals surface area contributed by atoms with Gasteiger partial charge < -0.3 is 5.73 Å². The highest BCUT2D eigenvalue weighted by molar-refractivity contribution is 9.10. The summed E-state index contributed by atoms with van der Waals surface area (Å²) in [4.78, 5) is -0.0696. The van der Waals surface area contributed by atoms with E-state index in [0.29, 0.717) is 10.0 Å². The van der Waals surface area contributed by atoms with Crippen molar-refractivity contribution in [2.45, 2.75) is 11.4 Å². The monoisotopic (exact) mass is 392 g/mol. The largest absolute Gasteiger partial charge is 0.326 e. The van der Waals surface area contributed by atoms with E-state index >= 15 is 0 Å². The van der Waals surface area contributed by atoms with Crippen molar-refractivity contribution in [2.75, 3.05) is 4.72 Å². The van der Waals surface area contributed by atoms with Crippen LogP contribution >= 0.6 is 27.5 Å². The van der Waals surface area contributed by atoms with Gasteiger partial charge in [0.1, 0.15) is 5.82 Å². The van der Waals surface area contributed by atoms with Crippen LogP contribution < -0.4 is 10.5 Å². The molecule has 0 fully saturated rings. The average molecular weight is 394 g/mol. The normalized spacial score (nSPS) is 11.4. The molecule has 0 aromatic heterocycles. The molecule has 3 N–H and O–H groups in total. The third-order valence-corrected chi connectivity index (χ3v) is 5.11. The molecule has 21 heavy (non-hydrogen) atoms. The number of hydrogen-bond acceptors (Lipinski definition) is 3. The van der Waals surface area contributed by atoms with E-state index in [1.54, 1.807) is 0 Å². The van der Waals surface area contributed by atoms with Crippen LogP contribution in [0.3, 0.4) is 0 Å². The number of sulfonamides is 1. The molecular weight excluding hydrogens is 383 g/mol. The van der Waals surface area contributed by atoms with Crippen molar-refractivity contribution in [3.63, 3.8) is 0 Å². The van der Waals surface area contributed by atoms with Gasteiger partial charge in [-0.2, -0.15) is 0 Å². The van der Waals surface area contributed by atoms with Crippen LogP contribution in [0.15, 0.2) is 45.8 Å². The lowest BCUT2D eigenvalue weighted by atomic mass is 10.2. The number of rotatable bonds is 4. The van der Waals surface area contributed by atoms with Crippen molar-refractivity contribution >= 4 is 43.2 Å². The van der Waals surface area contributed by atoms with Crippen molar-refractivity contribution in [3.05, 3.63) is 57.3 Å².